The summed E-state index contributed by atoms with van der Waals surface area (Å²) in [6.07, 6.45) is 2.90. The number of nitrogens with two attached hydrogens (primary N) is 1. The van der Waals surface area contributed by atoms with Crippen molar-refractivity contribution < 1.29 is 5.11 Å². The molecular weight excluding hydrogens is 228 g/mol. The molecule has 0 spiro atoms. The summed E-state index contributed by atoms with van der Waals surface area (Å²) in [7, 11) is 0. The summed E-state index contributed by atoms with van der Waals surface area (Å²) in [5.74, 6) is 1.39. The van der Waals surface area contributed by atoms with E-state index in [0.29, 0.717) is 5.92 Å². The van der Waals surface area contributed by atoms with Crippen LogP contribution in [0.25, 0.3) is 0 Å². The van der Waals surface area contributed by atoms with Crippen LogP contribution in [0.2, 0.25) is 0 Å². The Balaban J connectivity index is 2.70. The molecule has 0 saturated carbocycles. The van der Waals surface area contributed by atoms with Gasteiger partial charge in [0, 0.05) is 19.7 Å². The van der Waals surface area contributed by atoms with Crippen molar-refractivity contribution in [3.05, 3.63) is 5.69 Å². The van der Waals surface area contributed by atoms with Crippen LogP contribution in [0.15, 0.2) is 0 Å². The summed E-state index contributed by atoms with van der Waals surface area (Å²) in [6, 6.07) is 0. The normalized spacial score (nSPS) is 12.7. The van der Waals surface area contributed by atoms with Gasteiger partial charge in [0.1, 0.15) is 5.82 Å². The van der Waals surface area contributed by atoms with Crippen molar-refractivity contribution in [3.63, 3.8) is 0 Å². The average Bonchev–Trinajstić information content (AvgIpc) is 2.62. The predicted octanol–water partition coefficient (Wildman–Crippen LogP) is 2.00. The first-order chi connectivity index (χ1) is 8.63. The lowest BCUT2D eigenvalue weighted by Gasteiger charge is -2.16. The number of nitrogens with one attached hydrogen (secondary N) is 1. The summed E-state index contributed by atoms with van der Waals surface area (Å²) in [6.45, 7) is 8.13. The maximum absolute atomic E-state index is 8.99. The fourth-order valence-corrected chi connectivity index (χ4v) is 2.03. The zero-order chi connectivity index (χ0) is 13.5. The molecule has 5 heteroatoms. The van der Waals surface area contributed by atoms with Gasteiger partial charge in [0.05, 0.1) is 11.4 Å². The van der Waals surface area contributed by atoms with Crippen LogP contribution < -0.4 is 11.1 Å². The fraction of sp³-hybridized carbons (Fsp3) is 0.769. The molecule has 5 nitrogen and oxygen atoms in total. The Labute approximate surface area is 109 Å². The van der Waals surface area contributed by atoms with E-state index in [1.165, 1.54) is 0 Å². The van der Waals surface area contributed by atoms with E-state index in [9.17, 15) is 0 Å². The summed E-state index contributed by atoms with van der Waals surface area (Å²) in [4.78, 5) is 0. The molecule has 0 fully saturated rings. The van der Waals surface area contributed by atoms with Gasteiger partial charge in [0.25, 0.3) is 0 Å². The highest BCUT2D eigenvalue weighted by molar-refractivity contribution is 5.64. The lowest BCUT2D eigenvalue weighted by Crippen LogP contribution is -2.18. The van der Waals surface area contributed by atoms with E-state index in [-0.39, 0.29) is 6.61 Å². The largest absolute Gasteiger partial charge is 0.396 e. The predicted molar refractivity (Wildman–Crippen MR) is 75.6 cm³/mol. The van der Waals surface area contributed by atoms with Crippen molar-refractivity contribution in [1.29, 1.82) is 0 Å². The molecule has 0 saturated heterocycles. The average molecular weight is 254 g/mol. The van der Waals surface area contributed by atoms with Crippen LogP contribution in [0.1, 0.15) is 38.8 Å². The zero-order valence-corrected chi connectivity index (χ0v) is 11.7. The molecule has 1 heterocycles. The minimum atomic E-state index is 0.239. The molecular formula is C13H26N4O. The number of aliphatic hydroxyl groups is 1. The van der Waals surface area contributed by atoms with E-state index in [4.69, 9.17) is 10.8 Å². The van der Waals surface area contributed by atoms with Crippen molar-refractivity contribution in [2.24, 2.45) is 5.92 Å². The van der Waals surface area contributed by atoms with Gasteiger partial charge in [0.15, 0.2) is 0 Å². The standard InChI is InChI=1S/C13H26N4O/c1-4-7-17-13(12(14)10(3)16-17)15-9-11(5-2)6-8-18/h11,15,18H,4-9,14H2,1-3H3. The third-order valence-corrected chi connectivity index (χ3v) is 3.28. The molecule has 0 aliphatic heterocycles. The van der Waals surface area contributed by atoms with E-state index in [1.54, 1.807) is 0 Å². The van der Waals surface area contributed by atoms with Gasteiger partial charge in [-0.25, -0.2) is 4.68 Å². The number of rotatable bonds is 8. The number of nitrogen functional groups attached to an aromatic ring is 1. The Morgan fingerprint density at radius 1 is 1.44 bits per heavy atom. The molecule has 4 N–H and O–H groups in total. The minimum absolute atomic E-state index is 0.239. The molecule has 1 rings (SSSR count). The highest BCUT2D eigenvalue weighted by Crippen LogP contribution is 2.23. The van der Waals surface area contributed by atoms with E-state index in [2.05, 4.69) is 24.3 Å². The number of aryl methyl sites for hydroxylation is 2. The molecule has 1 aromatic heterocycles. The molecule has 0 aromatic carbocycles. The molecule has 0 aliphatic rings. The van der Waals surface area contributed by atoms with E-state index in [1.807, 2.05) is 11.6 Å². The van der Waals surface area contributed by atoms with Crippen LogP contribution in [0, 0.1) is 12.8 Å². The second kappa shape index (κ2) is 7.26. The molecule has 1 atom stereocenters. The van der Waals surface area contributed by atoms with Crippen LogP contribution >= 0.6 is 0 Å². The third-order valence-electron chi connectivity index (χ3n) is 3.28. The van der Waals surface area contributed by atoms with Crippen molar-refractivity contribution >= 4 is 11.5 Å². The van der Waals surface area contributed by atoms with Gasteiger partial charge in [-0.05, 0) is 25.7 Å². The van der Waals surface area contributed by atoms with Crippen molar-refractivity contribution in [3.8, 4) is 0 Å². The second-order valence-corrected chi connectivity index (χ2v) is 4.74. The number of aliphatic hydroxyl groups excluding tert-OH is 1. The smallest absolute Gasteiger partial charge is 0.148 e. The number of anilines is 2. The first kappa shape index (κ1) is 14.8. The zero-order valence-electron chi connectivity index (χ0n) is 11.7. The topological polar surface area (TPSA) is 76.1 Å². The lowest BCUT2D eigenvalue weighted by molar-refractivity contribution is 0.258. The Kier molecular flexibility index (Phi) is 5.98. The number of hydrogen-bond acceptors (Lipinski definition) is 4. The van der Waals surface area contributed by atoms with Crippen LogP contribution in [-0.2, 0) is 6.54 Å². The molecule has 0 bridgehead atoms. The molecule has 0 radical (unpaired) electrons. The van der Waals surface area contributed by atoms with Gasteiger partial charge in [-0.1, -0.05) is 20.3 Å². The third kappa shape index (κ3) is 3.63. The highest BCUT2D eigenvalue weighted by Gasteiger charge is 2.13. The van der Waals surface area contributed by atoms with Gasteiger partial charge in [-0.2, -0.15) is 5.10 Å². The van der Waals surface area contributed by atoms with Crippen molar-refractivity contribution in [2.45, 2.75) is 46.6 Å². The molecule has 104 valence electrons. The Morgan fingerprint density at radius 3 is 2.72 bits per heavy atom. The highest BCUT2D eigenvalue weighted by atomic mass is 16.3. The molecule has 0 aliphatic carbocycles. The Bertz CT molecular complexity index is 362. The van der Waals surface area contributed by atoms with Crippen LogP contribution in [0.5, 0.6) is 0 Å². The van der Waals surface area contributed by atoms with Gasteiger partial charge in [-0.3, -0.25) is 0 Å². The monoisotopic (exact) mass is 254 g/mol. The Hall–Kier alpha value is -1.23. The maximum atomic E-state index is 8.99. The Morgan fingerprint density at radius 2 is 2.17 bits per heavy atom. The summed E-state index contributed by atoms with van der Waals surface area (Å²) in [5, 5.41) is 16.8. The summed E-state index contributed by atoms with van der Waals surface area (Å²) >= 11 is 0. The maximum Gasteiger partial charge on any atom is 0.148 e. The van der Waals surface area contributed by atoms with Crippen LogP contribution in [0.4, 0.5) is 11.5 Å². The lowest BCUT2D eigenvalue weighted by atomic mass is 10.0. The molecule has 0 amide bonds. The quantitative estimate of drug-likeness (QED) is 0.663. The fourth-order valence-electron chi connectivity index (χ4n) is 2.03. The van der Waals surface area contributed by atoms with E-state index >= 15 is 0 Å². The van der Waals surface area contributed by atoms with E-state index in [0.717, 1.165) is 49.6 Å². The van der Waals surface area contributed by atoms with Gasteiger partial charge in [-0.15, -0.1) is 0 Å². The minimum Gasteiger partial charge on any atom is -0.396 e. The number of aromatic nitrogens is 2. The van der Waals surface area contributed by atoms with Gasteiger partial charge < -0.3 is 16.2 Å². The molecule has 18 heavy (non-hydrogen) atoms. The number of nitrogens with zero attached hydrogens (tertiary/aromatic N) is 2. The first-order valence-electron chi connectivity index (χ1n) is 6.81. The van der Waals surface area contributed by atoms with Crippen LogP contribution in [0.3, 0.4) is 0 Å². The first-order valence-corrected chi connectivity index (χ1v) is 6.81. The van der Waals surface area contributed by atoms with Gasteiger partial charge >= 0.3 is 0 Å². The molecule has 1 aromatic rings. The van der Waals surface area contributed by atoms with Gasteiger partial charge in [0.2, 0.25) is 0 Å². The second-order valence-electron chi connectivity index (χ2n) is 4.74. The van der Waals surface area contributed by atoms with Crippen molar-refractivity contribution in [2.75, 3.05) is 24.2 Å². The van der Waals surface area contributed by atoms with E-state index < -0.39 is 0 Å². The number of hydrogen-bond donors (Lipinski definition) is 3. The van der Waals surface area contributed by atoms with Crippen LogP contribution in [-0.4, -0.2) is 28.0 Å². The SMILES string of the molecule is CCCn1nc(C)c(N)c1NCC(CC)CCO. The summed E-state index contributed by atoms with van der Waals surface area (Å²) < 4.78 is 1.94. The van der Waals surface area contributed by atoms with Crippen molar-refractivity contribution in [1.82, 2.24) is 9.78 Å². The molecule has 1 unspecified atom stereocenters. The summed E-state index contributed by atoms with van der Waals surface area (Å²) in [5.41, 5.74) is 7.65.